The Kier molecular flexibility index (Phi) is 5.14. The van der Waals surface area contributed by atoms with Crippen molar-refractivity contribution in [1.29, 1.82) is 0 Å². The van der Waals surface area contributed by atoms with Gasteiger partial charge in [0.1, 0.15) is 11.6 Å². The summed E-state index contributed by atoms with van der Waals surface area (Å²) in [6, 6.07) is 4.26. The Hall–Kier alpha value is -1.66. The van der Waals surface area contributed by atoms with Crippen molar-refractivity contribution < 1.29 is 19.0 Å². The van der Waals surface area contributed by atoms with E-state index in [-0.39, 0.29) is 17.6 Å². The van der Waals surface area contributed by atoms with Gasteiger partial charge in [-0.15, -0.1) is 0 Å². The lowest BCUT2D eigenvalue weighted by molar-refractivity contribution is 0.0550. The molecule has 2 rings (SSSR count). The van der Waals surface area contributed by atoms with Crippen molar-refractivity contribution in [2.24, 2.45) is 0 Å². The van der Waals surface area contributed by atoms with Crippen LogP contribution in [0, 0.1) is 5.82 Å². The number of rotatable bonds is 4. The van der Waals surface area contributed by atoms with Crippen LogP contribution in [0.1, 0.15) is 17.3 Å². The molecule has 0 aliphatic carbocycles. The summed E-state index contributed by atoms with van der Waals surface area (Å²) < 4.78 is 18.9. The van der Waals surface area contributed by atoms with Crippen LogP contribution in [0.4, 0.5) is 4.39 Å². The summed E-state index contributed by atoms with van der Waals surface area (Å²) in [4.78, 5) is 16.1. The van der Waals surface area contributed by atoms with Gasteiger partial charge in [-0.3, -0.25) is 9.69 Å². The van der Waals surface area contributed by atoms with E-state index in [1.165, 1.54) is 19.2 Å². The van der Waals surface area contributed by atoms with E-state index in [0.29, 0.717) is 38.5 Å². The van der Waals surface area contributed by atoms with Gasteiger partial charge in [-0.1, -0.05) is 0 Å². The molecule has 1 saturated heterocycles. The van der Waals surface area contributed by atoms with E-state index in [0.717, 1.165) is 0 Å². The Labute approximate surface area is 123 Å². The fourth-order valence-corrected chi connectivity index (χ4v) is 2.47. The van der Waals surface area contributed by atoms with Crippen LogP contribution in [0.25, 0.3) is 0 Å². The highest BCUT2D eigenvalue weighted by Crippen LogP contribution is 2.18. The Morgan fingerprint density at radius 2 is 2.05 bits per heavy atom. The fourth-order valence-electron chi connectivity index (χ4n) is 2.47. The van der Waals surface area contributed by atoms with E-state index in [4.69, 9.17) is 4.74 Å². The minimum atomic E-state index is -0.564. The fraction of sp³-hybridized carbons (Fsp3) is 0.533. The largest absolute Gasteiger partial charge is 0.497 e. The SMILES string of the molecule is COc1ccc(C(=O)N2CCN(C[C@H](C)O)CC2)c(F)c1. The first-order valence-electron chi connectivity index (χ1n) is 7.04. The summed E-state index contributed by atoms with van der Waals surface area (Å²) in [6.07, 6.45) is -0.383. The lowest BCUT2D eigenvalue weighted by atomic mass is 10.1. The first-order valence-corrected chi connectivity index (χ1v) is 7.04. The second-order valence-electron chi connectivity index (χ2n) is 5.29. The van der Waals surface area contributed by atoms with Crippen LogP contribution >= 0.6 is 0 Å². The minimum Gasteiger partial charge on any atom is -0.497 e. The van der Waals surface area contributed by atoms with Crippen LogP contribution in [-0.4, -0.2) is 66.8 Å². The van der Waals surface area contributed by atoms with Crippen molar-refractivity contribution >= 4 is 5.91 Å². The number of β-amino-alcohol motifs (C(OH)–C–C–N with tert-alkyl or cyclic N) is 1. The highest BCUT2D eigenvalue weighted by atomic mass is 19.1. The summed E-state index contributed by atoms with van der Waals surface area (Å²) in [6.45, 7) is 4.79. The molecule has 0 saturated carbocycles. The number of aliphatic hydroxyl groups excluding tert-OH is 1. The highest BCUT2D eigenvalue weighted by molar-refractivity contribution is 5.94. The normalized spacial score (nSPS) is 17.6. The quantitative estimate of drug-likeness (QED) is 0.899. The number of ether oxygens (including phenoxy) is 1. The summed E-state index contributed by atoms with van der Waals surface area (Å²) in [5.74, 6) is -0.469. The number of benzene rings is 1. The van der Waals surface area contributed by atoms with Crippen molar-refractivity contribution in [3.05, 3.63) is 29.6 Å². The number of carbonyl (C=O) groups is 1. The van der Waals surface area contributed by atoms with Gasteiger partial charge >= 0.3 is 0 Å². The van der Waals surface area contributed by atoms with Crippen LogP contribution in [0.5, 0.6) is 5.75 Å². The summed E-state index contributed by atoms with van der Waals surface area (Å²) in [5, 5.41) is 9.36. The van der Waals surface area contributed by atoms with E-state index in [9.17, 15) is 14.3 Å². The first-order chi connectivity index (χ1) is 10.0. The maximum Gasteiger partial charge on any atom is 0.256 e. The number of amides is 1. The number of carbonyl (C=O) groups excluding carboxylic acids is 1. The topological polar surface area (TPSA) is 53.0 Å². The van der Waals surface area contributed by atoms with Gasteiger partial charge in [0.15, 0.2) is 0 Å². The van der Waals surface area contributed by atoms with Crippen molar-refractivity contribution in [2.75, 3.05) is 39.8 Å². The van der Waals surface area contributed by atoms with Crippen LogP contribution in [0.3, 0.4) is 0 Å². The van der Waals surface area contributed by atoms with Gasteiger partial charge < -0.3 is 14.7 Å². The van der Waals surface area contributed by atoms with E-state index in [1.807, 2.05) is 0 Å². The number of halogens is 1. The van der Waals surface area contributed by atoms with E-state index >= 15 is 0 Å². The Balaban J connectivity index is 1.99. The van der Waals surface area contributed by atoms with Gasteiger partial charge in [-0.05, 0) is 19.1 Å². The lowest BCUT2D eigenvalue weighted by Gasteiger charge is -2.35. The molecule has 0 radical (unpaired) electrons. The predicted molar refractivity (Wildman–Crippen MR) is 77.0 cm³/mol. The molecule has 1 N–H and O–H groups in total. The molecule has 1 aromatic carbocycles. The van der Waals surface area contributed by atoms with Gasteiger partial charge in [0.25, 0.3) is 5.91 Å². The number of hydrogen-bond donors (Lipinski definition) is 1. The third-order valence-electron chi connectivity index (χ3n) is 3.59. The molecule has 21 heavy (non-hydrogen) atoms. The highest BCUT2D eigenvalue weighted by Gasteiger charge is 2.24. The minimum absolute atomic E-state index is 0.0692. The molecule has 1 fully saturated rings. The molecule has 1 heterocycles. The number of nitrogens with zero attached hydrogens (tertiary/aromatic N) is 2. The maximum absolute atomic E-state index is 13.9. The molecule has 1 atom stereocenters. The van der Waals surface area contributed by atoms with Crippen LogP contribution in [-0.2, 0) is 0 Å². The molecule has 116 valence electrons. The van der Waals surface area contributed by atoms with Crippen LogP contribution < -0.4 is 4.74 Å². The molecule has 0 unspecified atom stereocenters. The third kappa shape index (κ3) is 3.92. The molecular weight excluding hydrogens is 275 g/mol. The monoisotopic (exact) mass is 296 g/mol. The van der Waals surface area contributed by atoms with Gasteiger partial charge in [-0.2, -0.15) is 0 Å². The van der Waals surface area contributed by atoms with Crippen LogP contribution in [0.15, 0.2) is 18.2 Å². The molecular formula is C15H21FN2O3. The zero-order chi connectivity index (χ0) is 15.4. The van der Waals surface area contributed by atoms with Crippen LogP contribution in [0.2, 0.25) is 0 Å². The van der Waals surface area contributed by atoms with Gasteiger partial charge in [0.2, 0.25) is 0 Å². The molecule has 1 aromatic rings. The average molecular weight is 296 g/mol. The third-order valence-corrected chi connectivity index (χ3v) is 3.59. The maximum atomic E-state index is 13.9. The number of methoxy groups -OCH3 is 1. The van der Waals surface area contributed by atoms with Gasteiger partial charge in [-0.25, -0.2) is 4.39 Å². The lowest BCUT2D eigenvalue weighted by Crippen LogP contribution is -2.50. The Morgan fingerprint density at radius 1 is 1.38 bits per heavy atom. The molecule has 0 aromatic heterocycles. The summed E-state index contributed by atoms with van der Waals surface area (Å²) in [7, 11) is 1.46. The van der Waals surface area contributed by atoms with Gasteiger partial charge in [0.05, 0.1) is 18.8 Å². The molecule has 5 nitrogen and oxygen atoms in total. The Bertz CT molecular complexity index is 500. The first kappa shape index (κ1) is 15.7. The molecule has 1 aliphatic heterocycles. The zero-order valence-corrected chi connectivity index (χ0v) is 12.4. The zero-order valence-electron chi connectivity index (χ0n) is 12.4. The number of aliphatic hydroxyl groups is 1. The molecule has 1 amide bonds. The summed E-state index contributed by atoms with van der Waals surface area (Å²) in [5.41, 5.74) is 0.0692. The van der Waals surface area contributed by atoms with Crippen molar-refractivity contribution in [3.63, 3.8) is 0 Å². The molecule has 0 spiro atoms. The molecule has 0 bridgehead atoms. The van der Waals surface area contributed by atoms with E-state index in [1.54, 1.807) is 17.9 Å². The second-order valence-corrected chi connectivity index (χ2v) is 5.29. The standard InChI is InChI=1S/C15H21FN2O3/c1-11(19)10-17-5-7-18(8-6-17)15(20)13-4-3-12(21-2)9-14(13)16/h3-4,9,11,19H,5-8,10H2,1-2H3/t11-/m0/s1. The van der Waals surface area contributed by atoms with E-state index < -0.39 is 5.82 Å². The molecule has 6 heteroatoms. The van der Waals surface area contributed by atoms with Crippen molar-refractivity contribution in [1.82, 2.24) is 9.80 Å². The average Bonchev–Trinajstić information content (AvgIpc) is 2.46. The summed E-state index contributed by atoms with van der Waals surface area (Å²) >= 11 is 0. The van der Waals surface area contributed by atoms with Crippen molar-refractivity contribution in [3.8, 4) is 5.75 Å². The van der Waals surface area contributed by atoms with E-state index in [2.05, 4.69) is 4.90 Å². The molecule has 1 aliphatic rings. The second kappa shape index (κ2) is 6.87. The van der Waals surface area contributed by atoms with Gasteiger partial charge in [0, 0.05) is 38.8 Å². The predicted octanol–water partition coefficient (Wildman–Crippen LogP) is 0.973. The number of piperazine rings is 1. The smallest absolute Gasteiger partial charge is 0.256 e. The van der Waals surface area contributed by atoms with Crippen molar-refractivity contribution in [2.45, 2.75) is 13.0 Å². The Morgan fingerprint density at radius 3 is 2.57 bits per heavy atom. The number of hydrogen-bond acceptors (Lipinski definition) is 4.